The largest absolute Gasteiger partial charge is 0.497 e. The quantitative estimate of drug-likeness (QED) is 0.632. The zero-order valence-electron chi connectivity index (χ0n) is 9.66. The summed E-state index contributed by atoms with van der Waals surface area (Å²) in [4.78, 5) is 0. The number of ether oxygens (including phenoxy) is 3. The zero-order valence-corrected chi connectivity index (χ0v) is 9.66. The number of aliphatic hydroxyl groups is 1. The van der Waals surface area contributed by atoms with Gasteiger partial charge in [0.05, 0.1) is 13.7 Å². The van der Waals surface area contributed by atoms with Gasteiger partial charge in [-0.2, -0.15) is 13.2 Å². The molecule has 0 aromatic heterocycles. The van der Waals surface area contributed by atoms with Crippen LogP contribution >= 0.6 is 0 Å². The van der Waals surface area contributed by atoms with Gasteiger partial charge in [-0.05, 0) is 18.2 Å². The molecular formula is C11H13F3O4. The Bertz CT molecular complexity index is 379. The monoisotopic (exact) mass is 266 g/mol. The highest BCUT2D eigenvalue weighted by Crippen LogP contribution is 2.24. The van der Waals surface area contributed by atoms with Gasteiger partial charge in [0, 0.05) is 5.56 Å². The molecule has 7 heteroatoms. The van der Waals surface area contributed by atoms with Crippen LogP contribution in [0.2, 0.25) is 0 Å². The van der Waals surface area contributed by atoms with Crippen molar-refractivity contribution in [3.05, 3.63) is 23.8 Å². The Morgan fingerprint density at radius 3 is 2.56 bits per heavy atom. The molecule has 18 heavy (non-hydrogen) atoms. The van der Waals surface area contributed by atoms with Gasteiger partial charge in [0.25, 0.3) is 0 Å². The SMILES string of the molecule is COc1ccc(OCOCC(F)(F)F)c(CO)c1. The third kappa shape index (κ3) is 4.80. The van der Waals surface area contributed by atoms with Gasteiger partial charge < -0.3 is 19.3 Å². The van der Waals surface area contributed by atoms with E-state index in [0.29, 0.717) is 11.3 Å². The molecule has 0 aliphatic heterocycles. The first kappa shape index (κ1) is 14.6. The lowest BCUT2D eigenvalue weighted by Gasteiger charge is -2.12. The Hall–Kier alpha value is -1.47. The van der Waals surface area contributed by atoms with Crippen LogP contribution in [0.5, 0.6) is 11.5 Å². The number of hydrogen-bond donors (Lipinski definition) is 1. The van der Waals surface area contributed by atoms with Crippen molar-refractivity contribution in [3.63, 3.8) is 0 Å². The molecule has 1 rings (SSSR count). The fourth-order valence-corrected chi connectivity index (χ4v) is 1.21. The second kappa shape index (κ2) is 6.46. The molecule has 1 N–H and O–H groups in total. The molecule has 0 bridgehead atoms. The molecule has 102 valence electrons. The highest BCUT2D eigenvalue weighted by atomic mass is 19.4. The van der Waals surface area contributed by atoms with E-state index in [2.05, 4.69) is 4.74 Å². The van der Waals surface area contributed by atoms with Crippen LogP contribution in [-0.4, -0.2) is 31.8 Å². The molecule has 0 aliphatic rings. The normalized spacial score (nSPS) is 11.4. The molecule has 0 heterocycles. The summed E-state index contributed by atoms with van der Waals surface area (Å²) in [5, 5.41) is 9.07. The van der Waals surface area contributed by atoms with Gasteiger partial charge in [0.15, 0.2) is 6.79 Å². The van der Waals surface area contributed by atoms with Crippen molar-refractivity contribution in [3.8, 4) is 11.5 Å². The lowest BCUT2D eigenvalue weighted by Crippen LogP contribution is -2.19. The van der Waals surface area contributed by atoms with Gasteiger partial charge >= 0.3 is 6.18 Å². The number of methoxy groups -OCH3 is 1. The fraction of sp³-hybridized carbons (Fsp3) is 0.455. The van der Waals surface area contributed by atoms with E-state index in [-0.39, 0.29) is 12.4 Å². The van der Waals surface area contributed by atoms with Crippen molar-refractivity contribution in [2.75, 3.05) is 20.5 Å². The number of alkyl halides is 3. The van der Waals surface area contributed by atoms with E-state index in [4.69, 9.17) is 14.6 Å². The Balaban J connectivity index is 2.51. The van der Waals surface area contributed by atoms with Crippen LogP contribution in [-0.2, 0) is 11.3 Å². The molecule has 0 atom stereocenters. The second-order valence-corrected chi connectivity index (χ2v) is 3.36. The van der Waals surface area contributed by atoms with Gasteiger partial charge in [-0.1, -0.05) is 0 Å². The van der Waals surface area contributed by atoms with E-state index < -0.39 is 19.6 Å². The molecule has 0 aliphatic carbocycles. The summed E-state index contributed by atoms with van der Waals surface area (Å²) in [5.41, 5.74) is 0.407. The van der Waals surface area contributed by atoms with Crippen molar-refractivity contribution in [1.29, 1.82) is 0 Å². The first-order valence-corrected chi connectivity index (χ1v) is 5.01. The zero-order chi connectivity index (χ0) is 13.6. The van der Waals surface area contributed by atoms with Crippen molar-refractivity contribution in [2.45, 2.75) is 12.8 Å². The van der Waals surface area contributed by atoms with Crippen LogP contribution in [0, 0.1) is 0 Å². The van der Waals surface area contributed by atoms with Crippen LogP contribution in [0.25, 0.3) is 0 Å². The maximum atomic E-state index is 11.8. The average Bonchev–Trinajstić information content (AvgIpc) is 2.33. The van der Waals surface area contributed by atoms with Crippen LogP contribution in [0.1, 0.15) is 5.56 Å². The molecule has 1 aromatic rings. The Labute approximate surface area is 102 Å². The lowest BCUT2D eigenvalue weighted by atomic mass is 10.2. The first-order chi connectivity index (χ1) is 8.46. The molecule has 0 unspecified atom stereocenters. The van der Waals surface area contributed by atoms with Crippen LogP contribution in [0.4, 0.5) is 13.2 Å². The Morgan fingerprint density at radius 2 is 2.00 bits per heavy atom. The van der Waals surface area contributed by atoms with E-state index in [1.165, 1.54) is 19.2 Å². The summed E-state index contributed by atoms with van der Waals surface area (Å²) in [6.07, 6.45) is -4.39. The summed E-state index contributed by atoms with van der Waals surface area (Å²) in [6.45, 7) is -2.23. The maximum absolute atomic E-state index is 11.8. The minimum Gasteiger partial charge on any atom is -0.497 e. The second-order valence-electron chi connectivity index (χ2n) is 3.36. The molecule has 0 saturated carbocycles. The van der Waals surface area contributed by atoms with E-state index in [1.54, 1.807) is 6.07 Å². The smallest absolute Gasteiger partial charge is 0.411 e. The predicted molar refractivity (Wildman–Crippen MR) is 56.4 cm³/mol. The fourth-order valence-electron chi connectivity index (χ4n) is 1.21. The van der Waals surface area contributed by atoms with Crippen molar-refractivity contribution in [1.82, 2.24) is 0 Å². The number of hydrogen-bond acceptors (Lipinski definition) is 4. The molecule has 0 radical (unpaired) electrons. The van der Waals surface area contributed by atoms with Crippen molar-refractivity contribution < 1.29 is 32.5 Å². The minimum absolute atomic E-state index is 0.250. The van der Waals surface area contributed by atoms with Gasteiger partial charge in [0.2, 0.25) is 0 Å². The highest BCUT2D eigenvalue weighted by Gasteiger charge is 2.27. The summed E-state index contributed by atoms with van der Waals surface area (Å²) in [7, 11) is 1.46. The van der Waals surface area contributed by atoms with Gasteiger partial charge in [-0.3, -0.25) is 0 Å². The third-order valence-corrected chi connectivity index (χ3v) is 2.00. The summed E-state index contributed by atoms with van der Waals surface area (Å²) in [6, 6.07) is 4.58. The van der Waals surface area contributed by atoms with E-state index >= 15 is 0 Å². The standard InChI is InChI=1S/C11H13F3O4/c1-16-9-2-3-10(8(4-9)5-15)18-7-17-6-11(12,13)14/h2-4,15H,5-7H2,1H3. The van der Waals surface area contributed by atoms with Gasteiger partial charge in [0.1, 0.15) is 18.1 Å². The number of aliphatic hydroxyl groups excluding tert-OH is 1. The third-order valence-electron chi connectivity index (χ3n) is 2.00. The van der Waals surface area contributed by atoms with Crippen LogP contribution in [0.15, 0.2) is 18.2 Å². The molecule has 0 fully saturated rings. The first-order valence-electron chi connectivity index (χ1n) is 5.01. The number of rotatable bonds is 6. The Morgan fingerprint density at radius 1 is 1.28 bits per heavy atom. The van der Waals surface area contributed by atoms with E-state index in [1.807, 2.05) is 0 Å². The minimum atomic E-state index is -4.39. The molecule has 4 nitrogen and oxygen atoms in total. The lowest BCUT2D eigenvalue weighted by molar-refractivity contribution is -0.186. The van der Waals surface area contributed by atoms with Crippen LogP contribution < -0.4 is 9.47 Å². The van der Waals surface area contributed by atoms with E-state index in [9.17, 15) is 13.2 Å². The molecule has 0 amide bonds. The molecule has 0 saturated heterocycles. The molecule has 1 aromatic carbocycles. The van der Waals surface area contributed by atoms with Crippen molar-refractivity contribution >= 4 is 0 Å². The number of halogens is 3. The maximum Gasteiger partial charge on any atom is 0.411 e. The molecular weight excluding hydrogens is 253 g/mol. The van der Waals surface area contributed by atoms with Crippen LogP contribution in [0.3, 0.4) is 0 Å². The summed E-state index contributed by atoms with van der Waals surface area (Å²) in [5.74, 6) is 0.767. The molecule has 0 spiro atoms. The van der Waals surface area contributed by atoms with Crippen molar-refractivity contribution in [2.24, 2.45) is 0 Å². The topological polar surface area (TPSA) is 47.9 Å². The van der Waals surface area contributed by atoms with Gasteiger partial charge in [-0.15, -0.1) is 0 Å². The highest BCUT2D eigenvalue weighted by molar-refractivity contribution is 5.39. The average molecular weight is 266 g/mol. The Kier molecular flexibility index (Phi) is 5.24. The summed E-state index contributed by atoms with van der Waals surface area (Å²) < 4.78 is 49.6. The number of benzene rings is 1. The summed E-state index contributed by atoms with van der Waals surface area (Å²) >= 11 is 0. The van der Waals surface area contributed by atoms with Gasteiger partial charge in [-0.25, -0.2) is 0 Å². The van der Waals surface area contributed by atoms with E-state index in [0.717, 1.165) is 0 Å². The predicted octanol–water partition coefficient (Wildman–Crippen LogP) is 2.10.